The van der Waals surface area contributed by atoms with Crippen LogP contribution in [0.3, 0.4) is 0 Å². The van der Waals surface area contributed by atoms with Gasteiger partial charge in [0.1, 0.15) is 0 Å². The number of rotatable bonds is 3. The fraction of sp³-hybridized carbons (Fsp3) is 0.133. The Morgan fingerprint density at radius 2 is 1.38 bits per heavy atom. The number of pyridine rings is 2. The molecule has 3 heteroatoms. The number of hydrogen-bond acceptors (Lipinski definition) is 3. The molecule has 3 aliphatic rings. The average Bonchev–Trinajstić information content (AvgIpc) is 3.17. The van der Waals surface area contributed by atoms with E-state index in [2.05, 4.69) is 127 Å². The van der Waals surface area contributed by atoms with Gasteiger partial charge in [-0.1, -0.05) is 115 Å². The monoisotopic (exact) mass is 615 g/mol. The zero-order valence-corrected chi connectivity index (χ0v) is 26.7. The van der Waals surface area contributed by atoms with Crippen LogP contribution in [0.15, 0.2) is 132 Å². The molecule has 7 aromatic rings. The topological polar surface area (TPSA) is 38.1 Å². The maximum Gasteiger partial charge on any atom is 0.0968 e. The highest BCUT2D eigenvalue weighted by Gasteiger charge is 2.22. The van der Waals surface area contributed by atoms with E-state index in [0.29, 0.717) is 0 Å². The lowest BCUT2D eigenvalue weighted by atomic mass is 9.84. The molecule has 0 spiro atoms. The second-order valence-corrected chi connectivity index (χ2v) is 13.2. The summed E-state index contributed by atoms with van der Waals surface area (Å²) in [5, 5.41) is 7.52. The Balaban J connectivity index is 1.13. The summed E-state index contributed by atoms with van der Waals surface area (Å²) >= 11 is 0. The van der Waals surface area contributed by atoms with Crippen molar-refractivity contribution in [3.05, 3.63) is 144 Å². The molecule has 2 aliphatic carbocycles. The van der Waals surface area contributed by atoms with E-state index in [4.69, 9.17) is 15.0 Å². The third-order valence-electron chi connectivity index (χ3n) is 10.5. The van der Waals surface area contributed by atoms with Gasteiger partial charge in [0.15, 0.2) is 0 Å². The molecule has 0 atom stereocenters. The summed E-state index contributed by atoms with van der Waals surface area (Å²) in [6.07, 6.45) is 17.5. The van der Waals surface area contributed by atoms with Crippen LogP contribution in [-0.4, -0.2) is 15.7 Å². The van der Waals surface area contributed by atoms with Crippen molar-refractivity contribution in [2.24, 2.45) is 4.99 Å². The first-order valence-corrected chi connectivity index (χ1v) is 17.2. The molecule has 0 fully saturated rings. The average molecular weight is 616 g/mol. The van der Waals surface area contributed by atoms with Crippen LogP contribution in [0.2, 0.25) is 0 Å². The van der Waals surface area contributed by atoms with Crippen molar-refractivity contribution in [1.29, 1.82) is 0 Å². The minimum absolute atomic E-state index is 0.965. The fourth-order valence-corrected chi connectivity index (χ4v) is 8.13. The molecular formula is C45H33N3. The van der Waals surface area contributed by atoms with Crippen LogP contribution in [0.4, 0.5) is 5.69 Å². The molecule has 5 aromatic carbocycles. The van der Waals surface area contributed by atoms with Gasteiger partial charge in [-0.15, -0.1) is 0 Å². The third-order valence-corrected chi connectivity index (χ3v) is 10.5. The predicted octanol–water partition coefficient (Wildman–Crippen LogP) is 11.7. The Morgan fingerprint density at radius 3 is 2.25 bits per heavy atom. The lowest BCUT2D eigenvalue weighted by Crippen LogP contribution is -2.10. The molecule has 0 saturated carbocycles. The molecule has 2 aromatic heterocycles. The van der Waals surface area contributed by atoms with Crippen LogP contribution in [0.25, 0.3) is 71.9 Å². The van der Waals surface area contributed by atoms with E-state index >= 15 is 0 Å². The van der Waals surface area contributed by atoms with Crippen molar-refractivity contribution in [3.8, 4) is 22.5 Å². The Bertz CT molecular complexity index is 2600. The number of para-hydroxylation sites is 1. The number of aliphatic imine (C=N–C) groups is 1. The van der Waals surface area contributed by atoms with Crippen LogP contribution in [0.1, 0.15) is 42.4 Å². The van der Waals surface area contributed by atoms with Crippen LogP contribution < -0.4 is 0 Å². The second kappa shape index (κ2) is 11.0. The van der Waals surface area contributed by atoms with Gasteiger partial charge < -0.3 is 0 Å². The summed E-state index contributed by atoms with van der Waals surface area (Å²) in [5.41, 5.74) is 14.0. The molecule has 0 N–H and O–H groups in total. The molecule has 0 bridgehead atoms. The first kappa shape index (κ1) is 27.4. The van der Waals surface area contributed by atoms with Crippen LogP contribution >= 0.6 is 0 Å². The van der Waals surface area contributed by atoms with Crippen LogP contribution in [-0.2, 0) is 12.8 Å². The molecule has 228 valence electrons. The van der Waals surface area contributed by atoms with E-state index in [1.54, 1.807) is 0 Å². The number of aryl methyl sites for hydroxylation is 2. The minimum atomic E-state index is 0.965. The van der Waals surface area contributed by atoms with Crippen molar-refractivity contribution in [1.82, 2.24) is 9.97 Å². The van der Waals surface area contributed by atoms with E-state index in [1.165, 1.54) is 54.9 Å². The van der Waals surface area contributed by atoms with Crippen molar-refractivity contribution in [2.45, 2.75) is 38.5 Å². The van der Waals surface area contributed by atoms with Gasteiger partial charge in [-0.25, -0.2) is 9.97 Å². The van der Waals surface area contributed by atoms with Crippen molar-refractivity contribution in [3.63, 3.8) is 0 Å². The Labute approximate surface area is 279 Å². The van der Waals surface area contributed by atoms with E-state index < -0.39 is 0 Å². The zero-order valence-electron chi connectivity index (χ0n) is 26.7. The number of allylic oxidation sites excluding steroid dienone is 5. The zero-order chi connectivity index (χ0) is 31.6. The number of fused-ring (bicyclic) bond motifs is 11. The van der Waals surface area contributed by atoms with Crippen molar-refractivity contribution >= 4 is 60.8 Å². The van der Waals surface area contributed by atoms with E-state index in [0.717, 1.165) is 83.1 Å². The lowest BCUT2D eigenvalue weighted by molar-refractivity contribution is 0.955. The fourth-order valence-electron chi connectivity index (χ4n) is 8.13. The predicted molar refractivity (Wildman–Crippen MR) is 202 cm³/mol. The van der Waals surface area contributed by atoms with Gasteiger partial charge in [-0.2, -0.15) is 0 Å². The second-order valence-electron chi connectivity index (χ2n) is 13.2. The van der Waals surface area contributed by atoms with Gasteiger partial charge in [-0.05, 0) is 89.1 Å². The SMILES string of the molecule is C1=CCCC(C2=Nc3c(ccc4ccc(-c5ccc(-c6nc7ccccc7c7c8c(c9ccccc9c67)C=CCC8)cc5)nc34)CC2)=C1. The van der Waals surface area contributed by atoms with Crippen molar-refractivity contribution in [2.75, 3.05) is 0 Å². The summed E-state index contributed by atoms with van der Waals surface area (Å²) in [5.74, 6) is 0. The highest BCUT2D eigenvalue weighted by Crippen LogP contribution is 2.44. The molecule has 10 rings (SSSR count). The maximum atomic E-state index is 5.35. The number of aromatic nitrogens is 2. The minimum Gasteiger partial charge on any atom is -0.251 e. The first-order chi connectivity index (χ1) is 23.8. The van der Waals surface area contributed by atoms with Crippen molar-refractivity contribution < 1.29 is 0 Å². The van der Waals surface area contributed by atoms with E-state index in [-0.39, 0.29) is 0 Å². The molecule has 48 heavy (non-hydrogen) atoms. The molecule has 0 radical (unpaired) electrons. The summed E-state index contributed by atoms with van der Waals surface area (Å²) in [6.45, 7) is 0. The number of hydrogen-bond donors (Lipinski definition) is 0. The first-order valence-electron chi connectivity index (χ1n) is 17.2. The van der Waals surface area contributed by atoms with E-state index in [1.807, 2.05) is 0 Å². The standard InChI is InChI=1S/C45H33N3/c1-2-10-28(11-3-1)38-26-24-31-22-23-32-25-27-39(47-45(32)44(31)46-38)29-18-20-30(21-19-29)43-42-36-15-7-5-13-34(36)33-12-4-6-14-35(33)41(42)37-16-8-9-17-40(37)48-43/h1-2,4-5,7-10,12-13,15-23,25,27H,3,6,11,14,24,26H2. The van der Waals surface area contributed by atoms with E-state index in [9.17, 15) is 0 Å². The molecule has 0 unspecified atom stereocenters. The van der Waals surface area contributed by atoms with Gasteiger partial charge >= 0.3 is 0 Å². The quantitative estimate of drug-likeness (QED) is 0.186. The summed E-state index contributed by atoms with van der Waals surface area (Å²) in [4.78, 5) is 15.8. The molecule has 0 saturated heterocycles. The number of nitrogens with zero attached hydrogens (tertiary/aromatic N) is 3. The normalized spacial score (nSPS) is 15.5. The Morgan fingerprint density at radius 1 is 0.583 bits per heavy atom. The molecule has 1 aliphatic heterocycles. The largest absolute Gasteiger partial charge is 0.251 e. The van der Waals surface area contributed by atoms with Gasteiger partial charge in [0.05, 0.1) is 28.1 Å². The molecule has 3 nitrogen and oxygen atoms in total. The smallest absolute Gasteiger partial charge is 0.0968 e. The van der Waals surface area contributed by atoms with Gasteiger partial charge in [0.2, 0.25) is 0 Å². The Hall–Kier alpha value is -5.67. The molecular weight excluding hydrogens is 583 g/mol. The summed E-state index contributed by atoms with van der Waals surface area (Å²) in [7, 11) is 0. The van der Waals surface area contributed by atoms with Crippen LogP contribution in [0.5, 0.6) is 0 Å². The number of benzene rings is 5. The molecule has 0 amide bonds. The third kappa shape index (κ3) is 4.31. The maximum absolute atomic E-state index is 5.35. The van der Waals surface area contributed by atoms with Gasteiger partial charge in [0, 0.05) is 33.0 Å². The summed E-state index contributed by atoms with van der Waals surface area (Å²) in [6, 6.07) is 35.1. The summed E-state index contributed by atoms with van der Waals surface area (Å²) < 4.78 is 0. The highest BCUT2D eigenvalue weighted by atomic mass is 14.8. The molecule has 3 heterocycles. The highest BCUT2D eigenvalue weighted by molar-refractivity contribution is 6.24. The van der Waals surface area contributed by atoms with Gasteiger partial charge in [-0.3, -0.25) is 4.99 Å². The van der Waals surface area contributed by atoms with Gasteiger partial charge in [0.25, 0.3) is 0 Å². The van der Waals surface area contributed by atoms with Crippen LogP contribution in [0, 0.1) is 0 Å². The lowest BCUT2D eigenvalue weighted by Gasteiger charge is -2.21. The Kier molecular flexibility index (Phi) is 6.26.